The number of fused-ring (bicyclic) bond motifs is 5. The molecule has 0 N–H and O–H groups in total. The summed E-state index contributed by atoms with van der Waals surface area (Å²) in [4.78, 5) is 31.8. The molecule has 1 heterocycles. The van der Waals surface area contributed by atoms with Crippen LogP contribution in [0.3, 0.4) is 0 Å². The van der Waals surface area contributed by atoms with Gasteiger partial charge in [0.15, 0.2) is 0 Å². The van der Waals surface area contributed by atoms with Gasteiger partial charge in [0.2, 0.25) is 0 Å². The molecule has 9 aromatic rings. The van der Waals surface area contributed by atoms with Crippen molar-refractivity contribution in [2.45, 2.75) is 176 Å². The predicted molar refractivity (Wildman–Crippen MR) is 355 cm³/mol. The SMILES string of the molecule is C/C=C/c1cc(C)c(/C=C/c2ccc3c(c2)C(CCCCCCCC)(Cc2ccc4c5ccc6c7c(ccc(c8cccc2c84)c75)C(=O)N(c2cc(C(C)(C)C)ccc2C(C)(C)C)C6=O)c2cc(C)ccc2-3)cc1OCC(CC)CCCC. The molecule has 0 saturated carbocycles. The minimum absolute atomic E-state index is 0.173. The number of rotatable bonds is 20. The lowest BCUT2D eigenvalue weighted by Gasteiger charge is -2.34. The van der Waals surface area contributed by atoms with Crippen molar-refractivity contribution in [3.05, 3.63) is 194 Å². The molecule has 0 fully saturated rings. The third kappa shape index (κ3) is 10.5. The van der Waals surface area contributed by atoms with Crippen molar-refractivity contribution in [1.29, 1.82) is 0 Å². The van der Waals surface area contributed by atoms with Gasteiger partial charge in [-0.15, -0.1) is 0 Å². The quantitative estimate of drug-likeness (QED) is 0.0251. The Morgan fingerprint density at radius 1 is 0.566 bits per heavy atom. The van der Waals surface area contributed by atoms with Crippen LogP contribution >= 0.6 is 0 Å². The highest BCUT2D eigenvalue weighted by atomic mass is 16.5. The first kappa shape index (κ1) is 57.5. The van der Waals surface area contributed by atoms with Crippen LogP contribution in [0.1, 0.15) is 216 Å². The molecule has 83 heavy (non-hydrogen) atoms. The Morgan fingerprint density at radius 3 is 1.89 bits per heavy atom. The maximum Gasteiger partial charge on any atom is 0.265 e. The zero-order chi connectivity index (χ0) is 58.5. The van der Waals surface area contributed by atoms with E-state index in [9.17, 15) is 0 Å². The van der Waals surface area contributed by atoms with Gasteiger partial charge < -0.3 is 4.74 Å². The number of amides is 2. The summed E-state index contributed by atoms with van der Waals surface area (Å²) in [5.74, 6) is 0.965. The van der Waals surface area contributed by atoms with Crippen LogP contribution in [0.5, 0.6) is 5.75 Å². The third-order valence-corrected chi connectivity index (χ3v) is 18.9. The maximum absolute atomic E-state index is 15.1. The van der Waals surface area contributed by atoms with Gasteiger partial charge in [-0.05, 0) is 180 Å². The fourth-order valence-corrected chi connectivity index (χ4v) is 14.2. The minimum atomic E-state index is -0.304. The summed E-state index contributed by atoms with van der Waals surface area (Å²) in [6.07, 6.45) is 23.0. The normalized spacial score (nSPS) is 15.8. The third-order valence-electron chi connectivity index (χ3n) is 18.9. The molecule has 0 aromatic heterocycles. The number of aryl methyl sites for hydroxylation is 2. The first-order chi connectivity index (χ1) is 39.9. The molecule has 0 radical (unpaired) electrons. The Balaban J connectivity index is 1.02. The van der Waals surface area contributed by atoms with E-state index in [4.69, 9.17) is 4.74 Å². The van der Waals surface area contributed by atoms with Crippen molar-refractivity contribution in [3.63, 3.8) is 0 Å². The van der Waals surface area contributed by atoms with Gasteiger partial charge in [0.05, 0.1) is 12.3 Å². The molecule has 2 aliphatic rings. The summed E-state index contributed by atoms with van der Waals surface area (Å²) in [5.41, 5.74) is 16.0. The minimum Gasteiger partial charge on any atom is -0.493 e. The molecular formula is C79H87NO3. The van der Waals surface area contributed by atoms with E-state index in [2.05, 4.69) is 217 Å². The Kier molecular flexibility index (Phi) is 16.0. The van der Waals surface area contributed by atoms with Crippen LogP contribution in [0.25, 0.3) is 72.4 Å². The summed E-state index contributed by atoms with van der Waals surface area (Å²) in [6.45, 7) is 27.1. The van der Waals surface area contributed by atoms with Crippen LogP contribution < -0.4 is 9.64 Å². The predicted octanol–water partition coefficient (Wildman–Crippen LogP) is 21.8. The van der Waals surface area contributed by atoms with Gasteiger partial charge in [0, 0.05) is 27.5 Å². The van der Waals surface area contributed by atoms with Crippen molar-refractivity contribution in [3.8, 4) is 16.9 Å². The fraction of sp³-hybridized carbons (Fsp3) is 0.367. The highest BCUT2D eigenvalue weighted by Crippen LogP contribution is 2.55. The molecule has 0 saturated heterocycles. The smallest absolute Gasteiger partial charge is 0.265 e. The van der Waals surface area contributed by atoms with Crippen molar-refractivity contribution in [2.24, 2.45) is 5.92 Å². The molecule has 0 bridgehead atoms. The molecule has 1 aliphatic heterocycles. The number of ether oxygens (including phenoxy) is 1. The summed E-state index contributed by atoms with van der Waals surface area (Å²) in [5, 5.41) is 8.69. The Bertz CT molecular complexity index is 3950. The standard InChI is InChI=1S/C79H87NO3/c1-13-17-19-20-21-22-42-79(68-43-50(5)28-34-59(68)60-35-30-53(45-69(60)79)29-31-54-46-71(55(24-15-3)44-51(54)6)83-49-52(16-4)25-18-14-2)48-56-32-36-62-64-38-40-66-74-65(39-37-63(73(64)74)61-27-23-26-58(56)72(61)62)75(81)80(76(66)82)70-47-57(77(7,8)9)33-41-67(70)78(10,11)12/h15,23-24,26-41,43-47,52H,13-14,16-22,25,42,48-49H2,1-12H3/b24-15+,31-29+. The van der Waals surface area contributed by atoms with E-state index < -0.39 is 0 Å². The lowest BCUT2D eigenvalue weighted by molar-refractivity contribution is 0.0893. The van der Waals surface area contributed by atoms with Crippen molar-refractivity contribution in [2.75, 3.05) is 11.5 Å². The molecule has 4 heteroatoms. The molecule has 2 atom stereocenters. The Hall–Kier alpha value is -7.30. The van der Waals surface area contributed by atoms with Gasteiger partial charge in [0.25, 0.3) is 11.8 Å². The number of allylic oxidation sites excluding steroid dienone is 1. The van der Waals surface area contributed by atoms with Crippen molar-refractivity contribution < 1.29 is 14.3 Å². The van der Waals surface area contributed by atoms with Crippen LogP contribution in [0, 0.1) is 19.8 Å². The molecular weight excluding hydrogens is 1010 g/mol. The molecule has 11 rings (SSSR count). The van der Waals surface area contributed by atoms with Gasteiger partial charge in [-0.25, -0.2) is 4.90 Å². The second-order valence-electron chi connectivity index (χ2n) is 26.7. The van der Waals surface area contributed by atoms with E-state index in [1.807, 2.05) is 12.1 Å². The van der Waals surface area contributed by atoms with Crippen LogP contribution in [0.2, 0.25) is 0 Å². The lowest BCUT2D eigenvalue weighted by Crippen LogP contribution is -2.42. The number of hydrogen-bond donors (Lipinski definition) is 0. The number of hydrogen-bond acceptors (Lipinski definition) is 3. The average Bonchev–Trinajstić information content (AvgIpc) is 1.61. The van der Waals surface area contributed by atoms with Gasteiger partial charge in [0.1, 0.15) is 5.75 Å². The number of nitrogens with zero attached hydrogens (tertiary/aromatic N) is 1. The van der Waals surface area contributed by atoms with Crippen molar-refractivity contribution in [1.82, 2.24) is 0 Å². The Labute approximate surface area is 495 Å². The number of carbonyl (C=O) groups is 2. The first-order valence-electron chi connectivity index (χ1n) is 31.4. The van der Waals surface area contributed by atoms with E-state index in [1.54, 1.807) is 0 Å². The van der Waals surface area contributed by atoms with E-state index in [-0.39, 0.29) is 28.1 Å². The average molecular weight is 1100 g/mol. The molecule has 2 amide bonds. The number of imide groups is 1. The number of benzene rings is 9. The number of anilines is 1. The van der Waals surface area contributed by atoms with E-state index in [0.717, 1.165) is 87.0 Å². The molecule has 2 unspecified atom stereocenters. The maximum atomic E-state index is 15.1. The van der Waals surface area contributed by atoms with E-state index in [0.29, 0.717) is 22.7 Å². The zero-order valence-corrected chi connectivity index (χ0v) is 51.8. The van der Waals surface area contributed by atoms with Crippen LogP contribution in [-0.4, -0.2) is 18.4 Å². The number of carbonyl (C=O) groups excluding carboxylic acids is 2. The summed E-state index contributed by atoms with van der Waals surface area (Å²) in [6, 6.07) is 45.2. The molecule has 9 aromatic carbocycles. The zero-order valence-electron chi connectivity index (χ0n) is 51.8. The molecule has 1 aliphatic carbocycles. The van der Waals surface area contributed by atoms with Crippen LogP contribution in [0.4, 0.5) is 5.69 Å². The number of unbranched alkanes of at least 4 members (excludes halogenated alkanes) is 6. The summed E-state index contributed by atoms with van der Waals surface area (Å²) in [7, 11) is 0. The monoisotopic (exact) mass is 1100 g/mol. The topological polar surface area (TPSA) is 46.6 Å². The highest BCUT2D eigenvalue weighted by Gasteiger charge is 2.44. The molecule has 0 spiro atoms. The van der Waals surface area contributed by atoms with Gasteiger partial charge in [-0.1, -0.05) is 241 Å². The van der Waals surface area contributed by atoms with E-state index in [1.165, 1.54) is 117 Å². The summed E-state index contributed by atoms with van der Waals surface area (Å²) >= 11 is 0. The van der Waals surface area contributed by atoms with Gasteiger partial charge in [-0.3, -0.25) is 9.59 Å². The van der Waals surface area contributed by atoms with Crippen LogP contribution in [-0.2, 0) is 22.7 Å². The second kappa shape index (κ2) is 23.0. The van der Waals surface area contributed by atoms with Crippen LogP contribution in [0.15, 0.2) is 127 Å². The van der Waals surface area contributed by atoms with Gasteiger partial charge >= 0.3 is 0 Å². The lowest BCUT2D eigenvalue weighted by atomic mass is 9.69. The van der Waals surface area contributed by atoms with Gasteiger partial charge in [-0.2, -0.15) is 0 Å². The largest absolute Gasteiger partial charge is 0.493 e. The molecule has 4 nitrogen and oxygen atoms in total. The Morgan fingerprint density at radius 2 is 1.20 bits per heavy atom. The molecule has 426 valence electrons. The highest BCUT2D eigenvalue weighted by molar-refractivity contribution is 6.42. The second-order valence-corrected chi connectivity index (χ2v) is 26.7. The first-order valence-corrected chi connectivity index (χ1v) is 31.4. The van der Waals surface area contributed by atoms with Crippen molar-refractivity contribution >= 4 is 78.8 Å². The van der Waals surface area contributed by atoms with E-state index >= 15 is 9.59 Å². The summed E-state index contributed by atoms with van der Waals surface area (Å²) < 4.78 is 6.69. The fourth-order valence-electron chi connectivity index (χ4n) is 14.2.